The summed E-state index contributed by atoms with van der Waals surface area (Å²) in [5.74, 6) is -0.966. The van der Waals surface area contributed by atoms with E-state index in [9.17, 15) is 17.6 Å². The number of amides is 1. The van der Waals surface area contributed by atoms with Crippen molar-refractivity contribution in [2.75, 3.05) is 10.0 Å². The van der Waals surface area contributed by atoms with Crippen molar-refractivity contribution in [3.63, 3.8) is 0 Å². The Bertz CT molecular complexity index is 1180. The van der Waals surface area contributed by atoms with Gasteiger partial charge in [-0.05, 0) is 73.5 Å². The van der Waals surface area contributed by atoms with Crippen molar-refractivity contribution >= 4 is 38.9 Å². The molecule has 29 heavy (non-hydrogen) atoms. The Morgan fingerprint density at radius 2 is 1.66 bits per heavy atom. The van der Waals surface area contributed by atoms with E-state index in [1.807, 2.05) is 6.92 Å². The molecule has 1 amide bonds. The van der Waals surface area contributed by atoms with Crippen LogP contribution in [-0.2, 0) is 10.0 Å². The average molecular weight is 433 g/mol. The van der Waals surface area contributed by atoms with Crippen LogP contribution in [0.3, 0.4) is 0 Å². The Balaban J connectivity index is 1.88. The standard InChI is InChI=1S/C21H18ClFN2O3S/c1-13-3-10-19(18(22)11-13)24-21(26)15-5-4-14(2)20(12-15)29(27,28)25-17-8-6-16(23)7-9-17/h3-12,25H,1-2H3,(H,24,26). The molecule has 0 saturated heterocycles. The molecule has 3 rings (SSSR count). The van der Waals surface area contributed by atoms with Gasteiger partial charge in [-0.15, -0.1) is 0 Å². The van der Waals surface area contributed by atoms with E-state index in [0.717, 1.165) is 17.7 Å². The molecule has 0 unspecified atom stereocenters. The highest BCUT2D eigenvalue weighted by molar-refractivity contribution is 7.92. The molecule has 0 aromatic heterocycles. The van der Waals surface area contributed by atoms with Gasteiger partial charge in [-0.2, -0.15) is 0 Å². The lowest BCUT2D eigenvalue weighted by atomic mass is 10.1. The first kappa shape index (κ1) is 20.8. The Morgan fingerprint density at radius 3 is 2.31 bits per heavy atom. The lowest BCUT2D eigenvalue weighted by Crippen LogP contribution is -2.17. The molecule has 0 heterocycles. The number of sulfonamides is 1. The Hall–Kier alpha value is -2.90. The minimum atomic E-state index is -3.98. The van der Waals surface area contributed by atoms with Crippen molar-refractivity contribution < 1.29 is 17.6 Å². The van der Waals surface area contributed by atoms with E-state index in [0.29, 0.717) is 16.3 Å². The SMILES string of the molecule is Cc1ccc(NC(=O)c2ccc(C)c(S(=O)(=O)Nc3ccc(F)cc3)c2)c(Cl)c1. The summed E-state index contributed by atoms with van der Waals surface area (Å²) >= 11 is 6.14. The van der Waals surface area contributed by atoms with Crippen LogP contribution < -0.4 is 10.0 Å². The first-order valence-corrected chi connectivity index (χ1v) is 10.5. The van der Waals surface area contributed by atoms with Gasteiger partial charge in [0.1, 0.15) is 5.82 Å². The summed E-state index contributed by atoms with van der Waals surface area (Å²) in [7, 11) is -3.98. The third-order valence-electron chi connectivity index (χ3n) is 4.21. The highest BCUT2D eigenvalue weighted by Gasteiger charge is 2.20. The number of hydrogen-bond acceptors (Lipinski definition) is 3. The van der Waals surface area contributed by atoms with Crippen LogP contribution in [0.25, 0.3) is 0 Å². The highest BCUT2D eigenvalue weighted by atomic mass is 35.5. The molecule has 0 atom stereocenters. The predicted molar refractivity (Wildman–Crippen MR) is 113 cm³/mol. The van der Waals surface area contributed by atoms with Gasteiger partial charge in [0.15, 0.2) is 0 Å². The van der Waals surface area contributed by atoms with Gasteiger partial charge in [-0.3, -0.25) is 9.52 Å². The van der Waals surface area contributed by atoms with Gasteiger partial charge in [0, 0.05) is 11.3 Å². The maximum atomic E-state index is 13.0. The first-order valence-electron chi connectivity index (χ1n) is 8.62. The quantitative estimate of drug-likeness (QED) is 0.585. The van der Waals surface area contributed by atoms with E-state index in [1.54, 1.807) is 31.2 Å². The Labute approximate surface area is 173 Å². The van der Waals surface area contributed by atoms with Crippen LogP contribution in [0.2, 0.25) is 5.02 Å². The van der Waals surface area contributed by atoms with E-state index in [-0.39, 0.29) is 16.1 Å². The second-order valence-electron chi connectivity index (χ2n) is 6.53. The van der Waals surface area contributed by atoms with Gasteiger partial charge in [0.05, 0.1) is 15.6 Å². The third kappa shape index (κ3) is 4.93. The van der Waals surface area contributed by atoms with Crippen molar-refractivity contribution in [1.82, 2.24) is 0 Å². The van der Waals surface area contributed by atoms with E-state index >= 15 is 0 Å². The summed E-state index contributed by atoms with van der Waals surface area (Å²) in [4.78, 5) is 12.6. The van der Waals surface area contributed by atoms with Crippen LogP contribution in [-0.4, -0.2) is 14.3 Å². The molecular weight excluding hydrogens is 415 g/mol. The summed E-state index contributed by atoms with van der Waals surface area (Å²) in [5, 5.41) is 3.07. The molecule has 0 aliphatic carbocycles. The number of carbonyl (C=O) groups excluding carboxylic acids is 1. The van der Waals surface area contributed by atoms with Crippen molar-refractivity contribution in [3.05, 3.63) is 88.2 Å². The topological polar surface area (TPSA) is 75.3 Å². The minimum Gasteiger partial charge on any atom is -0.321 e. The molecule has 2 N–H and O–H groups in total. The zero-order chi connectivity index (χ0) is 21.2. The smallest absolute Gasteiger partial charge is 0.262 e. The monoisotopic (exact) mass is 432 g/mol. The molecule has 0 radical (unpaired) electrons. The molecule has 5 nitrogen and oxygen atoms in total. The molecule has 0 saturated carbocycles. The van der Waals surface area contributed by atoms with Crippen LogP contribution in [0, 0.1) is 19.7 Å². The van der Waals surface area contributed by atoms with Gasteiger partial charge in [-0.25, -0.2) is 12.8 Å². The zero-order valence-corrected chi connectivity index (χ0v) is 17.2. The second-order valence-corrected chi connectivity index (χ2v) is 8.59. The van der Waals surface area contributed by atoms with Gasteiger partial charge >= 0.3 is 0 Å². The van der Waals surface area contributed by atoms with Crippen LogP contribution >= 0.6 is 11.6 Å². The summed E-state index contributed by atoms with van der Waals surface area (Å²) in [6, 6.07) is 14.5. The summed E-state index contributed by atoms with van der Waals surface area (Å²) < 4.78 is 41.0. The molecule has 8 heteroatoms. The molecule has 3 aromatic rings. The first-order chi connectivity index (χ1) is 13.7. The predicted octanol–water partition coefficient (Wildman–Crippen LogP) is 5.15. The third-order valence-corrected chi connectivity index (χ3v) is 6.05. The number of carbonyl (C=O) groups is 1. The van der Waals surface area contributed by atoms with E-state index in [1.165, 1.54) is 24.3 Å². The van der Waals surface area contributed by atoms with E-state index < -0.39 is 21.7 Å². The van der Waals surface area contributed by atoms with Crippen molar-refractivity contribution in [2.45, 2.75) is 18.7 Å². The van der Waals surface area contributed by atoms with Crippen molar-refractivity contribution in [2.24, 2.45) is 0 Å². The average Bonchev–Trinajstić information content (AvgIpc) is 2.66. The molecule has 0 fully saturated rings. The van der Waals surface area contributed by atoms with Crippen LogP contribution in [0.5, 0.6) is 0 Å². The Morgan fingerprint density at radius 1 is 0.966 bits per heavy atom. The molecule has 0 aliphatic heterocycles. The van der Waals surface area contributed by atoms with Crippen molar-refractivity contribution in [3.8, 4) is 0 Å². The number of aryl methyl sites for hydroxylation is 2. The number of hydrogen-bond donors (Lipinski definition) is 2. The van der Waals surface area contributed by atoms with Crippen LogP contribution in [0.1, 0.15) is 21.5 Å². The molecule has 0 spiro atoms. The summed E-state index contributed by atoms with van der Waals surface area (Å²) in [6.45, 7) is 3.50. The molecule has 3 aromatic carbocycles. The zero-order valence-electron chi connectivity index (χ0n) is 15.7. The molecule has 0 aliphatic rings. The fourth-order valence-corrected chi connectivity index (χ4v) is 4.29. The highest BCUT2D eigenvalue weighted by Crippen LogP contribution is 2.25. The van der Waals surface area contributed by atoms with Crippen molar-refractivity contribution in [1.29, 1.82) is 0 Å². The normalized spacial score (nSPS) is 11.2. The summed E-state index contributed by atoms with van der Waals surface area (Å²) in [5.41, 5.74) is 2.21. The number of rotatable bonds is 5. The lowest BCUT2D eigenvalue weighted by Gasteiger charge is -2.13. The molecule has 150 valence electrons. The number of halogens is 2. The number of anilines is 2. The van der Waals surface area contributed by atoms with Gasteiger partial charge in [-0.1, -0.05) is 23.7 Å². The second kappa shape index (κ2) is 8.23. The van der Waals surface area contributed by atoms with Crippen LogP contribution in [0.4, 0.5) is 15.8 Å². The molecular formula is C21H18ClFN2O3S. The summed E-state index contributed by atoms with van der Waals surface area (Å²) in [6.07, 6.45) is 0. The van der Waals surface area contributed by atoms with E-state index in [2.05, 4.69) is 10.0 Å². The fourth-order valence-electron chi connectivity index (χ4n) is 2.67. The lowest BCUT2D eigenvalue weighted by molar-refractivity contribution is 0.102. The number of nitrogens with one attached hydrogen (secondary N) is 2. The maximum absolute atomic E-state index is 13.0. The van der Waals surface area contributed by atoms with Gasteiger partial charge in [0.25, 0.3) is 15.9 Å². The minimum absolute atomic E-state index is 0.0514. The number of benzene rings is 3. The Kier molecular flexibility index (Phi) is 5.91. The van der Waals surface area contributed by atoms with Crippen LogP contribution in [0.15, 0.2) is 65.6 Å². The van der Waals surface area contributed by atoms with Gasteiger partial charge in [0.2, 0.25) is 0 Å². The fraction of sp³-hybridized carbons (Fsp3) is 0.0952. The van der Waals surface area contributed by atoms with Gasteiger partial charge < -0.3 is 5.32 Å². The molecule has 0 bridgehead atoms. The maximum Gasteiger partial charge on any atom is 0.262 e. The largest absolute Gasteiger partial charge is 0.321 e. The van der Waals surface area contributed by atoms with E-state index in [4.69, 9.17) is 11.6 Å².